The monoisotopic (exact) mass is 212 g/mol. The Hall–Kier alpha value is -2.06. The second-order valence-electron chi connectivity index (χ2n) is 3.64. The van der Waals surface area contributed by atoms with Crippen LogP contribution in [0.3, 0.4) is 0 Å². The molecule has 0 saturated heterocycles. The summed E-state index contributed by atoms with van der Waals surface area (Å²) >= 11 is 0. The summed E-state index contributed by atoms with van der Waals surface area (Å²) in [4.78, 5) is 4.04. The molecule has 0 bridgehead atoms. The quantitative estimate of drug-likeness (QED) is 0.702. The van der Waals surface area contributed by atoms with Crippen LogP contribution in [-0.4, -0.2) is 27.2 Å². The van der Waals surface area contributed by atoms with Crippen molar-refractivity contribution in [2.24, 2.45) is 0 Å². The van der Waals surface area contributed by atoms with E-state index in [4.69, 9.17) is 12.8 Å². The lowest BCUT2D eigenvalue weighted by Crippen LogP contribution is -2.18. The molecule has 16 heavy (non-hydrogen) atoms. The Morgan fingerprint density at radius 3 is 1.44 bits per heavy atom. The molecule has 0 heterocycles. The Morgan fingerprint density at radius 1 is 0.875 bits per heavy atom. The number of hydrogen-bond acceptors (Lipinski definition) is 2. The Morgan fingerprint density at radius 2 is 1.19 bits per heavy atom. The van der Waals surface area contributed by atoms with Gasteiger partial charge < -0.3 is 9.80 Å². The molecule has 0 aliphatic rings. The summed E-state index contributed by atoms with van der Waals surface area (Å²) in [7, 11) is 3.94. The van der Waals surface area contributed by atoms with Gasteiger partial charge in [0, 0.05) is 25.5 Å². The van der Waals surface area contributed by atoms with Crippen LogP contribution in [0.2, 0.25) is 0 Å². The topological polar surface area (TPSA) is 6.48 Å². The molecule has 2 heteroatoms. The Bertz CT molecular complexity index is 365. The molecule has 2 nitrogen and oxygen atoms in total. The van der Waals surface area contributed by atoms with Crippen LogP contribution in [0, 0.1) is 24.7 Å². The second-order valence-corrected chi connectivity index (χ2v) is 3.64. The first kappa shape index (κ1) is 12.0. The van der Waals surface area contributed by atoms with Gasteiger partial charge in [0.05, 0.1) is 13.1 Å². The SMILES string of the molecule is C#CCN(C)c1ccc(N(C)CC#C)cc1. The molecular formula is C14H16N2. The lowest BCUT2D eigenvalue weighted by atomic mass is 10.2. The van der Waals surface area contributed by atoms with Crippen molar-refractivity contribution < 1.29 is 0 Å². The van der Waals surface area contributed by atoms with E-state index >= 15 is 0 Å². The summed E-state index contributed by atoms with van der Waals surface area (Å²) in [6.45, 7) is 1.22. The van der Waals surface area contributed by atoms with Gasteiger partial charge in [-0.25, -0.2) is 0 Å². The highest BCUT2D eigenvalue weighted by Crippen LogP contribution is 2.18. The van der Waals surface area contributed by atoms with Gasteiger partial charge in [-0.1, -0.05) is 11.8 Å². The lowest BCUT2D eigenvalue weighted by molar-refractivity contribution is 1.03. The lowest BCUT2D eigenvalue weighted by Gasteiger charge is -2.19. The number of rotatable bonds is 4. The minimum Gasteiger partial charge on any atom is -0.363 e. The number of hydrogen-bond donors (Lipinski definition) is 0. The van der Waals surface area contributed by atoms with Crippen LogP contribution in [0.1, 0.15) is 0 Å². The van der Waals surface area contributed by atoms with Crippen molar-refractivity contribution in [3.05, 3.63) is 24.3 Å². The van der Waals surface area contributed by atoms with Crippen LogP contribution < -0.4 is 9.80 Å². The summed E-state index contributed by atoms with van der Waals surface area (Å²) in [6.07, 6.45) is 10.5. The van der Waals surface area contributed by atoms with Crippen LogP contribution >= 0.6 is 0 Å². The minimum atomic E-state index is 0.611. The van der Waals surface area contributed by atoms with E-state index in [1.165, 1.54) is 0 Å². The molecule has 0 amide bonds. The highest BCUT2D eigenvalue weighted by molar-refractivity contribution is 5.56. The fraction of sp³-hybridized carbons (Fsp3) is 0.286. The van der Waals surface area contributed by atoms with Crippen molar-refractivity contribution in [2.75, 3.05) is 37.0 Å². The van der Waals surface area contributed by atoms with Crippen molar-refractivity contribution in [1.82, 2.24) is 0 Å². The van der Waals surface area contributed by atoms with E-state index in [0.29, 0.717) is 13.1 Å². The standard InChI is InChI=1S/C14H16N2/c1-5-11-15(3)13-7-9-14(10-8-13)16(4)12-6-2/h1-2,7-10H,11-12H2,3-4H3. The van der Waals surface area contributed by atoms with Crippen molar-refractivity contribution in [1.29, 1.82) is 0 Å². The van der Waals surface area contributed by atoms with Crippen LogP contribution in [0.25, 0.3) is 0 Å². The predicted molar refractivity (Wildman–Crippen MR) is 70.6 cm³/mol. The van der Waals surface area contributed by atoms with Gasteiger partial charge in [0.2, 0.25) is 0 Å². The highest BCUT2D eigenvalue weighted by atomic mass is 15.1. The molecule has 0 fully saturated rings. The molecule has 0 radical (unpaired) electrons. The van der Waals surface area contributed by atoms with E-state index in [-0.39, 0.29) is 0 Å². The van der Waals surface area contributed by atoms with E-state index in [2.05, 4.69) is 11.8 Å². The van der Waals surface area contributed by atoms with Gasteiger partial charge in [-0.15, -0.1) is 12.8 Å². The van der Waals surface area contributed by atoms with Gasteiger partial charge in [0.1, 0.15) is 0 Å². The molecule has 82 valence electrons. The maximum atomic E-state index is 5.26. The zero-order chi connectivity index (χ0) is 12.0. The molecular weight excluding hydrogens is 196 g/mol. The average molecular weight is 212 g/mol. The first-order chi connectivity index (χ1) is 7.69. The number of nitrogens with zero attached hydrogens (tertiary/aromatic N) is 2. The van der Waals surface area contributed by atoms with Gasteiger partial charge >= 0.3 is 0 Å². The minimum absolute atomic E-state index is 0.611. The van der Waals surface area contributed by atoms with Gasteiger partial charge in [0.25, 0.3) is 0 Å². The van der Waals surface area contributed by atoms with E-state index < -0.39 is 0 Å². The Kier molecular flexibility index (Phi) is 4.30. The highest BCUT2D eigenvalue weighted by Gasteiger charge is 2.01. The van der Waals surface area contributed by atoms with Crippen molar-refractivity contribution in [3.63, 3.8) is 0 Å². The first-order valence-electron chi connectivity index (χ1n) is 5.08. The summed E-state index contributed by atoms with van der Waals surface area (Å²) in [5.41, 5.74) is 2.21. The smallest absolute Gasteiger partial charge is 0.0788 e. The second kappa shape index (κ2) is 5.73. The third-order valence-electron chi connectivity index (χ3n) is 2.39. The molecule has 1 aromatic carbocycles. The molecule has 1 aromatic rings. The third kappa shape index (κ3) is 2.97. The van der Waals surface area contributed by atoms with Gasteiger partial charge in [-0.05, 0) is 24.3 Å². The van der Waals surface area contributed by atoms with Crippen molar-refractivity contribution >= 4 is 11.4 Å². The molecule has 0 spiro atoms. The van der Waals surface area contributed by atoms with Crippen molar-refractivity contribution in [3.8, 4) is 24.7 Å². The summed E-state index contributed by atoms with van der Waals surface area (Å²) in [6, 6.07) is 8.17. The van der Waals surface area contributed by atoms with Crippen LogP contribution in [0.4, 0.5) is 11.4 Å². The Balaban J connectivity index is 2.76. The number of anilines is 2. The molecule has 0 N–H and O–H groups in total. The summed E-state index contributed by atoms with van der Waals surface area (Å²) in [5, 5.41) is 0. The van der Waals surface area contributed by atoms with E-state index in [9.17, 15) is 0 Å². The summed E-state index contributed by atoms with van der Waals surface area (Å²) < 4.78 is 0. The third-order valence-corrected chi connectivity index (χ3v) is 2.39. The molecule has 1 rings (SSSR count). The number of benzene rings is 1. The molecule has 0 aromatic heterocycles. The van der Waals surface area contributed by atoms with Crippen molar-refractivity contribution in [2.45, 2.75) is 0 Å². The normalized spacial score (nSPS) is 9.00. The fourth-order valence-electron chi connectivity index (χ4n) is 1.42. The maximum Gasteiger partial charge on any atom is 0.0788 e. The average Bonchev–Trinajstić information content (AvgIpc) is 2.30. The van der Waals surface area contributed by atoms with Gasteiger partial charge in [0.15, 0.2) is 0 Å². The van der Waals surface area contributed by atoms with Crippen LogP contribution in [0.5, 0.6) is 0 Å². The van der Waals surface area contributed by atoms with Crippen LogP contribution in [0.15, 0.2) is 24.3 Å². The van der Waals surface area contributed by atoms with Gasteiger partial charge in [-0.2, -0.15) is 0 Å². The molecule has 0 saturated carbocycles. The fourth-order valence-corrected chi connectivity index (χ4v) is 1.42. The molecule has 0 atom stereocenters. The number of terminal acetylenes is 2. The first-order valence-corrected chi connectivity index (χ1v) is 5.08. The zero-order valence-electron chi connectivity index (χ0n) is 9.77. The van der Waals surface area contributed by atoms with E-state index in [1.807, 2.05) is 48.2 Å². The molecule has 0 aliphatic heterocycles. The largest absolute Gasteiger partial charge is 0.363 e. The maximum absolute atomic E-state index is 5.26. The molecule has 0 unspecified atom stereocenters. The summed E-state index contributed by atoms with van der Waals surface area (Å²) in [5.74, 6) is 5.23. The van der Waals surface area contributed by atoms with Gasteiger partial charge in [-0.3, -0.25) is 0 Å². The van der Waals surface area contributed by atoms with Crippen LogP contribution in [-0.2, 0) is 0 Å². The van der Waals surface area contributed by atoms with E-state index in [1.54, 1.807) is 0 Å². The van der Waals surface area contributed by atoms with E-state index in [0.717, 1.165) is 11.4 Å². The predicted octanol–water partition coefficient (Wildman–Crippen LogP) is 1.83. The zero-order valence-corrected chi connectivity index (χ0v) is 9.77. The Labute approximate surface area is 97.9 Å². The molecule has 0 aliphatic carbocycles.